The van der Waals surface area contributed by atoms with Crippen molar-refractivity contribution in [1.29, 1.82) is 0 Å². The molecule has 1 saturated carbocycles. The number of anilines is 2. The van der Waals surface area contributed by atoms with Crippen LogP contribution in [0.3, 0.4) is 0 Å². The molecule has 154 valence electrons. The van der Waals surface area contributed by atoms with Gasteiger partial charge in [0.2, 0.25) is 17.8 Å². The maximum Gasteiger partial charge on any atom is 0.248 e. The molecule has 1 saturated heterocycles. The van der Waals surface area contributed by atoms with Gasteiger partial charge in [0.25, 0.3) is 0 Å². The van der Waals surface area contributed by atoms with Gasteiger partial charge in [-0.15, -0.1) is 10.2 Å². The summed E-state index contributed by atoms with van der Waals surface area (Å²) in [6.07, 6.45) is 4.64. The van der Waals surface area contributed by atoms with Gasteiger partial charge in [-0.1, -0.05) is 18.7 Å². The van der Waals surface area contributed by atoms with Crippen LogP contribution in [0.2, 0.25) is 0 Å². The van der Waals surface area contributed by atoms with Crippen LogP contribution >= 0.6 is 11.8 Å². The van der Waals surface area contributed by atoms with Crippen molar-refractivity contribution >= 4 is 35.2 Å². The van der Waals surface area contributed by atoms with E-state index in [1.807, 2.05) is 0 Å². The molecule has 2 heterocycles. The van der Waals surface area contributed by atoms with E-state index in [1.165, 1.54) is 24.6 Å². The van der Waals surface area contributed by atoms with Gasteiger partial charge in [0, 0.05) is 30.4 Å². The largest absolute Gasteiger partial charge is 0.366 e. The highest BCUT2D eigenvalue weighted by Gasteiger charge is 2.32. The lowest BCUT2D eigenvalue weighted by atomic mass is 10.00. The zero-order chi connectivity index (χ0) is 20.4. The smallest absolute Gasteiger partial charge is 0.248 e. The van der Waals surface area contributed by atoms with Crippen molar-refractivity contribution in [2.45, 2.75) is 43.8 Å². The van der Waals surface area contributed by atoms with Crippen LogP contribution in [0.1, 0.15) is 49.0 Å². The van der Waals surface area contributed by atoms with Crippen LogP contribution in [-0.4, -0.2) is 45.4 Å². The molecule has 1 aromatic carbocycles. The molecule has 1 aliphatic carbocycles. The number of aromatic nitrogens is 3. The third kappa shape index (κ3) is 4.72. The van der Waals surface area contributed by atoms with Crippen LogP contribution in [-0.2, 0) is 4.79 Å². The molecule has 2 fully saturated rings. The summed E-state index contributed by atoms with van der Waals surface area (Å²) < 4.78 is 2.22. The van der Waals surface area contributed by atoms with Crippen molar-refractivity contribution < 1.29 is 9.59 Å². The average molecular weight is 415 g/mol. The van der Waals surface area contributed by atoms with Crippen molar-refractivity contribution in [1.82, 2.24) is 14.8 Å². The fraction of sp³-hybridized carbons (Fsp3) is 0.500. The number of nitrogens with two attached hydrogens (primary N) is 1. The van der Waals surface area contributed by atoms with Gasteiger partial charge in [-0.2, -0.15) is 0 Å². The van der Waals surface area contributed by atoms with Crippen molar-refractivity contribution in [3.63, 3.8) is 0 Å². The number of benzene rings is 1. The normalized spacial score (nSPS) is 17.3. The fourth-order valence-corrected chi connectivity index (χ4v) is 4.29. The van der Waals surface area contributed by atoms with E-state index in [2.05, 4.69) is 31.9 Å². The second-order valence-electron chi connectivity index (χ2n) is 7.83. The van der Waals surface area contributed by atoms with Gasteiger partial charge in [-0.3, -0.25) is 14.2 Å². The van der Waals surface area contributed by atoms with Gasteiger partial charge in [0.1, 0.15) is 0 Å². The monoisotopic (exact) mass is 414 g/mol. The Hall–Kier alpha value is -2.55. The Morgan fingerprint density at radius 1 is 1.14 bits per heavy atom. The maximum atomic E-state index is 12.4. The number of carbonyl (C=O) groups is 2. The summed E-state index contributed by atoms with van der Waals surface area (Å²) in [6.45, 7) is 4.32. The highest BCUT2D eigenvalue weighted by Crippen LogP contribution is 2.41. The molecule has 0 bridgehead atoms. The minimum absolute atomic E-state index is 0.125. The molecule has 2 aromatic rings. The van der Waals surface area contributed by atoms with E-state index < -0.39 is 5.91 Å². The van der Waals surface area contributed by atoms with Crippen LogP contribution in [0, 0.1) is 5.92 Å². The first kappa shape index (κ1) is 19.8. The number of amides is 2. The van der Waals surface area contributed by atoms with Gasteiger partial charge in [-0.25, -0.2) is 0 Å². The van der Waals surface area contributed by atoms with E-state index in [9.17, 15) is 9.59 Å². The Morgan fingerprint density at radius 3 is 2.45 bits per heavy atom. The third-order valence-electron chi connectivity index (χ3n) is 5.41. The lowest BCUT2D eigenvalue weighted by molar-refractivity contribution is -0.113. The highest BCUT2D eigenvalue weighted by atomic mass is 32.2. The molecule has 0 unspecified atom stereocenters. The summed E-state index contributed by atoms with van der Waals surface area (Å²) in [5.41, 5.74) is 6.28. The fourth-order valence-electron chi connectivity index (χ4n) is 3.49. The highest BCUT2D eigenvalue weighted by molar-refractivity contribution is 7.99. The number of rotatable bonds is 7. The molecule has 29 heavy (non-hydrogen) atoms. The predicted molar refractivity (Wildman–Crippen MR) is 113 cm³/mol. The molecule has 9 heteroatoms. The Labute approximate surface area is 174 Å². The van der Waals surface area contributed by atoms with Crippen LogP contribution in [0.25, 0.3) is 0 Å². The van der Waals surface area contributed by atoms with E-state index >= 15 is 0 Å². The molecular formula is C20H26N6O2S. The summed E-state index contributed by atoms with van der Waals surface area (Å²) in [5, 5.41) is 12.5. The van der Waals surface area contributed by atoms with Crippen molar-refractivity contribution in [3.8, 4) is 0 Å². The first-order valence-electron chi connectivity index (χ1n) is 10.0. The zero-order valence-electron chi connectivity index (χ0n) is 16.5. The minimum Gasteiger partial charge on any atom is -0.366 e. The molecule has 0 radical (unpaired) electrons. The number of nitrogens with one attached hydrogen (secondary N) is 1. The van der Waals surface area contributed by atoms with Crippen molar-refractivity contribution in [2.24, 2.45) is 11.7 Å². The standard InChI is InChI=1S/C20H26N6O2S/c1-13-8-10-25(11-9-13)19-23-24-20(26(19)16-6-7-16)29-12-17(27)22-15-4-2-14(3-5-15)18(21)28/h2-5,13,16H,6-12H2,1H3,(H2,21,28)(H,22,27). The molecule has 1 aliphatic heterocycles. The predicted octanol–water partition coefficient (Wildman–Crippen LogP) is 2.68. The molecule has 2 amide bonds. The van der Waals surface area contributed by atoms with Crippen molar-refractivity contribution in [2.75, 3.05) is 29.1 Å². The minimum atomic E-state index is -0.489. The average Bonchev–Trinajstić information content (AvgIpc) is 3.46. The van der Waals surface area contributed by atoms with E-state index in [0.717, 1.165) is 43.0 Å². The van der Waals surface area contributed by atoms with Gasteiger partial charge >= 0.3 is 0 Å². The summed E-state index contributed by atoms with van der Waals surface area (Å²) in [7, 11) is 0. The van der Waals surface area contributed by atoms with Crippen LogP contribution in [0.5, 0.6) is 0 Å². The lowest BCUT2D eigenvalue weighted by Gasteiger charge is -2.31. The van der Waals surface area contributed by atoms with Gasteiger partial charge < -0.3 is 16.0 Å². The number of thioether (sulfide) groups is 1. The molecule has 2 aliphatic rings. The number of nitrogens with zero attached hydrogens (tertiary/aromatic N) is 4. The quantitative estimate of drug-likeness (QED) is 0.675. The Balaban J connectivity index is 1.38. The molecule has 4 rings (SSSR count). The Bertz CT molecular complexity index is 885. The second kappa shape index (κ2) is 8.44. The number of hydrogen-bond acceptors (Lipinski definition) is 6. The van der Waals surface area contributed by atoms with Gasteiger partial charge in [0.15, 0.2) is 5.16 Å². The van der Waals surface area contributed by atoms with Crippen molar-refractivity contribution in [3.05, 3.63) is 29.8 Å². The summed E-state index contributed by atoms with van der Waals surface area (Å²) in [5.74, 6) is 1.35. The van der Waals surface area contributed by atoms with Gasteiger partial charge in [-0.05, 0) is 55.9 Å². The van der Waals surface area contributed by atoms with E-state index in [-0.39, 0.29) is 11.7 Å². The number of carbonyl (C=O) groups excluding carboxylic acids is 2. The molecule has 8 nitrogen and oxygen atoms in total. The topological polar surface area (TPSA) is 106 Å². The van der Waals surface area contributed by atoms with Gasteiger partial charge in [0.05, 0.1) is 5.75 Å². The molecule has 0 spiro atoms. The second-order valence-corrected chi connectivity index (χ2v) is 8.77. The Kier molecular flexibility index (Phi) is 5.75. The third-order valence-corrected chi connectivity index (χ3v) is 6.35. The van der Waals surface area contributed by atoms with E-state index in [4.69, 9.17) is 5.73 Å². The van der Waals surface area contributed by atoms with E-state index in [1.54, 1.807) is 24.3 Å². The Morgan fingerprint density at radius 2 is 1.83 bits per heavy atom. The lowest BCUT2D eigenvalue weighted by Crippen LogP contribution is -2.34. The maximum absolute atomic E-state index is 12.4. The van der Waals surface area contributed by atoms with Crippen LogP contribution < -0.4 is 16.0 Å². The SMILES string of the molecule is CC1CCN(c2nnc(SCC(=O)Nc3ccc(C(N)=O)cc3)n2C2CC2)CC1. The summed E-state index contributed by atoms with van der Waals surface area (Å²) in [6, 6.07) is 6.99. The summed E-state index contributed by atoms with van der Waals surface area (Å²) >= 11 is 1.41. The number of primary amides is 1. The first-order chi connectivity index (χ1) is 14.0. The first-order valence-corrected chi connectivity index (χ1v) is 11.0. The molecular weight excluding hydrogens is 388 g/mol. The molecule has 0 atom stereocenters. The molecule has 1 aromatic heterocycles. The number of piperidine rings is 1. The zero-order valence-corrected chi connectivity index (χ0v) is 17.3. The molecule has 3 N–H and O–H groups in total. The van der Waals surface area contributed by atoms with Crippen LogP contribution in [0.15, 0.2) is 29.4 Å². The summed E-state index contributed by atoms with van der Waals surface area (Å²) in [4.78, 5) is 25.8. The number of hydrogen-bond donors (Lipinski definition) is 2. The van der Waals surface area contributed by atoms with Crippen LogP contribution in [0.4, 0.5) is 11.6 Å². The van der Waals surface area contributed by atoms with E-state index in [0.29, 0.717) is 17.3 Å².